The van der Waals surface area contributed by atoms with Crippen LogP contribution in [0.2, 0.25) is 5.15 Å². The molecule has 0 spiro atoms. The molecular weight excluding hydrogens is 232 g/mol. The molecule has 0 atom stereocenters. The Hall–Kier alpha value is -0.480. The van der Waals surface area contributed by atoms with E-state index in [0.717, 1.165) is 0 Å². The van der Waals surface area contributed by atoms with E-state index in [4.69, 9.17) is 16.3 Å². The predicted molar refractivity (Wildman–Crippen MR) is 63.8 cm³/mol. The lowest BCUT2D eigenvalue weighted by Crippen LogP contribution is -2.17. The molecule has 1 aromatic heterocycles. The highest BCUT2D eigenvalue weighted by molar-refractivity contribution is 7.98. The predicted octanol–water partition coefficient (Wildman–Crippen LogP) is 3.28. The monoisotopic (exact) mass is 246 g/mol. The molecule has 0 aliphatic heterocycles. The zero-order chi connectivity index (χ0) is 11.5. The minimum Gasteiger partial charge on any atom is -0.477 e. The topological polar surface area (TPSA) is 35.0 Å². The van der Waals surface area contributed by atoms with Crippen molar-refractivity contribution in [2.24, 2.45) is 5.41 Å². The van der Waals surface area contributed by atoms with Crippen molar-refractivity contribution < 1.29 is 4.74 Å². The maximum Gasteiger partial charge on any atom is 0.218 e. The summed E-state index contributed by atoms with van der Waals surface area (Å²) < 4.78 is 5.54. The van der Waals surface area contributed by atoms with E-state index in [2.05, 4.69) is 30.7 Å². The molecule has 15 heavy (non-hydrogen) atoms. The highest BCUT2D eigenvalue weighted by Gasteiger charge is 2.12. The molecule has 84 valence electrons. The van der Waals surface area contributed by atoms with Gasteiger partial charge in [0.05, 0.1) is 6.61 Å². The van der Waals surface area contributed by atoms with Crippen LogP contribution in [0, 0.1) is 5.41 Å². The third-order valence-electron chi connectivity index (χ3n) is 1.49. The number of ether oxygens (including phenoxy) is 1. The lowest BCUT2D eigenvalue weighted by Gasteiger charge is -2.18. The molecule has 0 unspecified atom stereocenters. The van der Waals surface area contributed by atoms with Gasteiger partial charge in [0.2, 0.25) is 5.88 Å². The van der Waals surface area contributed by atoms with Gasteiger partial charge in [-0.25, -0.2) is 4.98 Å². The van der Waals surface area contributed by atoms with E-state index in [-0.39, 0.29) is 5.41 Å². The SMILES string of the molecule is CSc1nc(Cl)cc(OCC(C)(C)C)n1. The molecule has 1 aromatic rings. The lowest BCUT2D eigenvalue weighted by atomic mass is 9.99. The van der Waals surface area contributed by atoms with Crippen molar-refractivity contribution in [1.82, 2.24) is 9.97 Å². The first-order chi connectivity index (χ1) is 6.90. The average Bonchev–Trinajstić information content (AvgIpc) is 2.13. The van der Waals surface area contributed by atoms with Gasteiger partial charge in [0.1, 0.15) is 5.15 Å². The first-order valence-corrected chi connectivity index (χ1v) is 6.22. The zero-order valence-corrected chi connectivity index (χ0v) is 10.9. The van der Waals surface area contributed by atoms with Crippen LogP contribution in [0.1, 0.15) is 20.8 Å². The summed E-state index contributed by atoms with van der Waals surface area (Å²) in [7, 11) is 0. The van der Waals surface area contributed by atoms with Crippen LogP contribution in [-0.4, -0.2) is 22.8 Å². The van der Waals surface area contributed by atoms with Crippen LogP contribution in [0.15, 0.2) is 11.2 Å². The summed E-state index contributed by atoms with van der Waals surface area (Å²) in [5.74, 6) is 0.536. The Balaban J connectivity index is 2.73. The van der Waals surface area contributed by atoms with Gasteiger partial charge in [-0.15, -0.1) is 0 Å². The fourth-order valence-corrected chi connectivity index (χ4v) is 1.43. The van der Waals surface area contributed by atoms with Gasteiger partial charge in [-0.05, 0) is 11.7 Å². The number of halogens is 1. The third-order valence-corrected chi connectivity index (χ3v) is 2.23. The minimum absolute atomic E-state index is 0.108. The highest BCUT2D eigenvalue weighted by atomic mass is 35.5. The summed E-state index contributed by atoms with van der Waals surface area (Å²) in [5, 5.41) is 1.05. The van der Waals surface area contributed by atoms with Crippen LogP contribution in [0.3, 0.4) is 0 Å². The van der Waals surface area contributed by atoms with Crippen LogP contribution in [0.4, 0.5) is 0 Å². The van der Waals surface area contributed by atoms with Crippen molar-refractivity contribution >= 4 is 23.4 Å². The fourth-order valence-electron chi connectivity index (χ4n) is 0.833. The van der Waals surface area contributed by atoms with E-state index in [1.54, 1.807) is 6.07 Å². The normalized spacial score (nSPS) is 11.5. The van der Waals surface area contributed by atoms with Crippen LogP contribution in [0.25, 0.3) is 0 Å². The Bertz CT molecular complexity index is 339. The summed E-state index contributed by atoms with van der Waals surface area (Å²) in [6, 6.07) is 1.63. The molecule has 0 amide bonds. The van der Waals surface area contributed by atoms with Crippen molar-refractivity contribution in [3.05, 3.63) is 11.2 Å². The largest absolute Gasteiger partial charge is 0.477 e. The van der Waals surface area contributed by atoms with Crippen LogP contribution < -0.4 is 4.74 Å². The van der Waals surface area contributed by atoms with Gasteiger partial charge >= 0.3 is 0 Å². The van der Waals surface area contributed by atoms with Crippen molar-refractivity contribution in [2.75, 3.05) is 12.9 Å². The summed E-state index contributed by atoms with van der Waals surface area (Å²) in [6.45, 7) is 6.91. The lowest BCUT2D eigenvalue weighted by molar-refractivity contribution is 0.190. The second kappa shape index (κ2) is 5.03. The quantitative estimate of drug-likeness (QED) is 0.466. The van der Waals surface area contributed by atoms with Gasteiger partial charge < -0.3 is 4.74 Å². The van der Waals surface area contributed by atoms with Crippen molar-refractivity contribution in [1.29, 1.82) is 0 Å². The van der Waals surface area contributed by atoms with Gasteiger partial charge in [-0.2, -0.15) is 4.98 Å². The number of hydrogen-bond acceptors (Lipinski definition) is 4. The fraction of sp³-hybridized carbons (Fsp3) is 0.600. The number of aromatic nitrogens is 2. The smallest absolute Gasteiger partial charge is 0.218 e. The average molecular weight is 247 g/mol. The van der Waals surface area contributed by atoms with Crippen molar-refractivity contribution in [3.63, 3.8) is 0 Å². The second-order valence-electron chi connectivity index (χ2n) is 4.36. The van der Waals surface area contributed by atoms with E-state index in [0.29, 0.717) is 22.8 Å². The number of thioether (sulfide) groups is 1. The van der Waals surface area contributed by atoms with Gasteiger partial charge in [0, 0.05) is 6.07 Å². The molecule has 0 bridgehead atoms. The minimum atomic E-state index is 0.108. The van der Waals surface area contributed by atoms with Gasteiger partial charge in [0.15, 0.2) is 5.16 Å². The van der Waals surface area contributed by atoms with Crippen LogP contribution in [-0.2, 0) is 0 Å². The molecule has 0 radical (unpaired) electrons. The van der Waals surface area contributed by atoms with Gasteiger partial charge in [-0.1, -0.05) is 44.1 Å². The molecule has 0 N–H and O–H groups in total. The first-order valence-electron chi connectivity index (χ1n) is 4.62. The molecule has 3 nitrogen and oxygen atoms in total. The highest BCUT2D eigenvalue weighted by Crippen LogP contribution is 2.21. The zero-order valence-electron chi connectivity index (χ0n) is 9.37. The van der Waals surface area contributed by atoms with Gasteiger partial charge in [0.25, 0.3) is 0 Å². The number of hydrogen-bond donors (Lipinski definition) is 0. The summed E-state index contributed by atoms with van der Waals surface area (Å²) >= 11 is 7.28. The molecule has 5 heteroatoms. The van der Waals surface area contributed by atoms with E-state index >= 15 is 0 Å². The molecule has 1 heterocycles. The number of nitrogens with zero attached hydrogens (tertiary/aromatic N) is 2. The Kier molecular flexibility index (Phi) is 4.22. The van der Waals surface area contributed by atoms with E-state index in [9.17, 15) is 0 Å². The number of rotatable bonds is 3. The second-order valence-corrected chi connectivity index (χ2v) is 5.53. The van der Waals surface area contributed by atoms with E-state index in [1.807, 2.05) is 6.26 Å². The summed E-state index contributed by atoms with van der Waals surface area (Å²) in [6.07, 6.45) is 1.90. The summed E-state index contributed by atoms with van der Waals surface area (Å²) in [5.41, 5.74) is 0.108. The van der Waals surface area contributed by atoms with Crippen molar-refractivity contribution in [2.45, 2.75) is 25.9 Å². The Morgan fingerprint density at radius 2 is 2.07 bits per heavy atom. The molecule has 0 aliphatic rings. The maximum atomic E-state index is 5.83. The van der Waals surface area contributed by atoms with Crippen molar-refractivity contribution in [3.8, 4) is 5.88 Å². The Labute approximate surface area is 99.6 Å². The van der Waals surface area contributed by atoms with Crippen LogP contribution >= 0.6 is 23.4 Å². The molecule has 1 rings (SSSR count). The summed E-state index contributed by atoms with van der Waals surface area (Å²) in [4.78, 5) is 8.23. The molecule has 0 aromatic carbocycles. The molecule has 0 saturated carbocycles. The van der Waals surface area contributed by atoms with E-state index < -0.39 is 0 Å². The molecule has 0 fully saturated rings. The Morgan fingerprint density at radius 3 is 2.60 bits per heavy atom. The molecule has 0 aliphatic carbocycles. The first kappa shape index (κ1) is 12.6. The maximum absolute atomic E-state index is 5.83. The standard InChI is InChI=1S/C10H15ClN2OS/c1-10(2,3)6-14-8-5-7(11)12-9(13-8)15-4/h5H,6H2,1-4H3. The molecular formula is C10H15ClN2OS. The van der Waals surface area contributed by atoms with E-state index in [1.165, 1.54) is 11.8 Å². The van der Waals surface area contributed by atoms with Crippen LogP contribution in [0.5, 0.6) is 5.88 Å². The van der Waals surface area contributed by atoms with Gasteiger partial charge in [-0.3, -0.25) is 0 Å². The third kappa shape index (κ3) is 4.71. The molecule has 0 saturated heterocycles. The Morgan fingerprint density at radius 1 is 1.40 bits per heavy atom.